The Hall–Kier alpha value is -0.400. The smallest absolute Gasteiger partial charge is 0.173 e. The Morgan fingerprint density at radius 1 is 0.960 bits per heavy atom. The zero-order valence-electron chi connectivity index (χ0n) is 14.3. The van der Waals surface area contributed by atoms with Crippen LogP contribution in [0.1, 0.15) is 19.3 Å². The molecule has 3 aliphatic rings. The fourth-order valence-corrected chi connectivity index (χ4v) is 3.91. The minimum Gasteiger partial charge on any atom is -0.391 e. The summed E-state index contributed by atoms with van der Waals surface area (Å²) in [5, 5.41) is 33.2. The molecule has 3 fully saturated rings. The summed E-state index contributed by atoms with van der Waals surface area (Å²) in [6.07, 6.45) is -4.12. The third-order valence-corrected chi connectivity index (χ3v) is 5.47. The van der Waals surface area contributed by atoms with Gasteiger partial charge in [0.05, 0.1) is 30.4 Å². The Bertz CT molecular complexity index is 458. The van der Waals surface area contributed by atoms with E-state index in [1.165, 1.54) is 0 Å². The van der Waals surface area contributed by atoms with E-state index in [-0.39, 0.29) is 12.1 Å². The number of fused-ring (bicyclic) bond motifs is 1. The average molecular weight is 362 g/mol. The normalized spacial score (nSPS) is 54.1. The molecule has 0 aromatic rings. The summed E-state index contributed by atoms with van der Waals surface area (Å²) in [5.74, 6) is 0. The minimum atomic E-state index is -1.14. The standard InChI is InChI=1S/C15H30N4O6/c1-19-11-12(21)13-10(23-14(11)22)3-7(18)15(25-13)24-9-4-8(20)5(16)2-6(9)17/h5-15,19-22H,2-4,16-18H2,1H3/t5-,6?,7?,8?,9+,10+,11?,12?,13?,14?,15+/m1/s1. The summed E-state index contributed by atoms with van der Waals surface area (Å²) in [6.45, 7) is 0. The summed E-state index contributed by atoms with van der Waals surface area (Å²) >= 11 is 0. The van der Waals surface area contributed by atoms with E-state index in [1.54, 1.807) is 7.05 Å². The van der Waals surface area contributed by atoms with Crippen LogP contribution >= 0.6 is 0 Å². The number of ether oxygens (including phenoxy) is 3. The van der Waals surface area contributed by atoms with Crippen molar-refractivity contribution in [2.45, 2.75) is 86.5 Å². The number of aliphatic hydroxyl groups excluding tert-OH is 3. The number of likely N-dealkylation sites (N-methyl/N-ethyl adjacent to an activating group) is 1. The molecule has 146 valence electrons. The van der Waals surface area contributed by atoms with Crippen molar-refractivity contribution < 1.29 is 29.5 Å². The highest BCUT2D eigenvalue weighted by Gasteiger charge is 2.50. The lowest BCUT2D eigenvalue weighted by Gasteiger charge is -2.49. The van der Waals surface area contributed by atoms with Crippen LogP contribution in [-0.4, -0.2) is 89.6 Å². The third-order valence-electron chi connectivity index (χ3n) is 5.47. The lowest BCUT2D eigenvalue weighted by atomic mass is 9.87. The molecule has 10 nitrogen and oxygen atoms in total. The quantitative estimate of drug-likeness (QED) is 0.264. The summed E-state index contributed by atoms with van der Waals surface area (Å²) < 4.78 is 17.3. The first-order valence-corrected chi connectivity index (χ1v) is 8.76. The van der Waals surface area contributed by atoms with E-state index in [1.807, 2.05) is 0 Å². The molecule has 0 amide bonds. The third kappa shape index (κ3) is 3.83. The van der Waals surface area contributed by atoms with Gasteiger partial charge >= 0.3 is 0 Å². The SMILES string of the molecule is CNC1C(O)O[C@H]2CC(N)[C@@H](O[C@H]3CC(O)[C@H](N)CC3N)OC2C1O. The second-order valence-corrected chi connectivity index (χ2v) is 7.28. The van der Waals surface area contributed by atoms with Crippen LogP contribution < -0.4 is 22.5 Å². The van der Waals surface area contributed by atoms with Gasteiger partial charge in [-0.1, -0.05) is 0 Å². The molecule has 0 radical (unpaired) electrons. The molecule has 0 aromatic carbocycles. The highest BCUT2D eigenvalue weighted by atomic mass is 16.7. The maximum atomic E-state index is 10.5. The maximum absolute atomic E-state index is 10.5. The predicted molar refractivity (Wildman–Crippen MR) is 87.1 cm³/mol. The highest BCUT2D eigenvalue weighted by Crippen LogP contribution is 2.33. The molecule has 10 N–H and O–H groups in total. The number of nitrogens with one attached hydrogen (secondary N) is 1. The summed E-state index contributed by atoms with van der Waals surface area (Å²) in [7, 11) is 1.62. The van der Waals surface area contributed by atoms with Crippen LogP contribution in [0, 0.1) is 0 Å². The van der Waals surface area contributed by atoms with Gasteiger partial charge in [0.25, 0.3) is 0 Å². The van der Waals surface area contributed by atoms with E-state index in [0.717, 1.165) is 0 Å². The summed E-state index contributed by atoms with van der Waals surface area (Å²) in [6, 6.07) is -1.88. The van der Waals surface area contributed by atoms with Crippen LogP contribution in [0.2, 0.25) is 0 Å². The van der Waals surface area contributed by atoms with E-state index in [4.69, 9.17) is 31.4 Å². The van der Waals surface area contributed by atoms with Gasteiger partial charge < -0.3 is 52.0 Å². The number of nitrogens with two attached hydrogens (primary N) is 3. The Morgan fingerprint density at radius 2 is 1.68 bits per heavy atom. The van der Waals surface area contributed by atoms with Gasteiger partial charge in [0.15, 0.2) is 12.6 Å². The molecule has 1 saturated carbocycles. The van der Waals surface area contributed by atoms with Crippen molar-refractivity contribution in [3.05, 3.63) is 0 Å². The van der Waals surface area contributed by atoms with E-state index in [2.05, 4.69) is 5.32 Å². The van der Waals surface area contributed by atoms with Gasteiger partial charge in [-0.25, -0.2) is 0 Å². The van der Waals surface area contributed by atoms with Crippen molar-refractivity contribution in [2.24, 2.45) is 17.2 Å². The van der Waals surface area contributed by atoms with Crippen LogP contribution in [0.5, 0.6) is 0 Å². The van der Waals surface area contributed by atoms with Crippen LogP contribution in [0.25, 0.3) is 0 Å². The molecular formula is C15H30N4O6. The fourth-order valence-electron chi connectivity index (χ4n) is 3.91. The largest absolute Gasteiger partial charge is 0.391 e. The maximum Gasteiger partial charge on any atom is 0.173 e. The molecule has 0 bridgehead atoms. The molecule has 0 spiro atoms. The lowest BCUT2D eigenvalue weighted by molar-refractivity contribution is -0.324. The molecule has 11 atom stereocenters. The predicted octanol–water partition coefficient (Wildman–Crippen LogP) is -3.71. The second-order valence-electron chi connectivity index (χ2n) is 7.28. The van der Waals surface area contributed by atoms with Gasteiger partial charge in [0.2, 0.25) is 0 Å². The lowest BCUT2D eigenvalue weighted by Crippen LogP contribution is -2.67. The van der Waals surface area contributed by atoms with Crippen molar-refractivity contribution in [3.8, 4) is 0 Å². The first kappa shape index (κ1) is 19.4. The molecule has 1 aliphatic carbocycles. The molecule has 25 heavy (non-hydrogen) atoms. The number of hydrogen-bond donors (Lipinski definition) is 7. The number of rotatable bonds is 3. The van der Waals surface area contributed by atoms with E-state index in [0.29, 0.717) is 19.3 Å². The molecule has 7 unspecified atom stereocenters. The highest BCUT2D eigenvalue weighted by molar-refractivity contribution is 4.98. The molecule has 0 aromatic heterocycles. The minimum absolute atomic E-state index is 0.305. The van der Waals surface area contributed by atoms with Crippen LogP contribution in [0.15, 0.2) is 0 Å². The van der Waals surface area contributed by atoms with Gasteiger partial charge in [-0.15, -0.1) is 0 Å². The van der Waals surface area contributed by atoms with E-state index < -0.39 is 55.2 Å². The first-order valence-electron chi connectivity index (χ1n) is 8.76. The second kappa shape index (κ2) is 7.69. The topological polar surface area (TPSA) is 178 Å². The average Bonchev–Trinajstić information content (AvgIpc) is 2.54. The van der Waals surface area contributed by atoms with Gasteiger partial charge in [0.1, 0.15) is 12.2 Å². The molecule has 2 saturated heterocycles. The van der Waals surface area contributed by atoms with E-state index >= 15 is 0 Å². The van der Waals surface area contributed by atoms with Crippen LogP contribution in [0.3, 0.4) is 0 Å². The Kier molecular flexibility index (Phi) is 5.95. The number of aliphatic hydroxyl groups is 3. The monoisotopic (exact) mass is 362 g/mol. The van der Waals surface area contributed by atoms with Crippen molar-refractivity contribution in [2.75, 3.05) is 7.05 Å². The zero-order valence-corrected chi connectivity index (χ0v) is 14.3. The van der Waals surface area contributed by atoms with E-state index in [9.17, 15) is 15.3 Å². The van der Waals surface area contributed by atoms with Gasteiger partial charge in [-0.05, 0) is 19.9 Å². The Balaban J connectivity index is 1.65. The van der Waals surface area contributed by atoms with Gasteiger partial charge in [-0.3, -0.25) is 0 Å². The van der Waals surface area contributed by atoms with Gasteiger partial charge in [-0.2, -0.15) is 0 Å². The van der Waals surface area contributed by atoms with Crippen molar-refractivity contribution in [1.82, 2.24) is 5.32 Å². The fraction of sp³-hybridized carbons (Fsp3) is 1.00. The number of hydrogen-bond acceptors (Lipinski definition) is 10. The Labute approximate surface area is 146 Å². The van der Waals surface area contributed by atoms with Crippen molar-refractivity contribution in [3.63, 3.8) is 0 Å². The molecule has 2 heterocycles. The molecule has 10 heteroatoms. The van der Waals surface area contributed by atoms with Crippen LogP contribution in [-0.2, 0) is 14.2 Å². The molecular weight excluding hydrogens is 332 g/mol. The van der Waals surface area contributed by atoms with Gasteiger partial charge in [0, 0.05) is 18.5 Å². The summed E-state index contributed by atoms with van der Waals surface area (Å²) in [4.78, 5) is 0. The summed E-state index contributed by atoms with van der Waals surface area (Å²) in [5.41, 5.74) is 18.0. The molecule has 2 aliphatic heterocycles. The van der Waals surface area contributed by atoms with Crippen molar-refractivity contribution in [1.29, 1.82) is 0 Å². The Morgan fingerprint density at radius 3 is 2.36 bits per heavy atom. The molecule has 3 rings (SSSR count). The first-order chi connectivity index (χ1) is 11.8. The van der Waals surface area contributed by atoms with Crippen molar-refractivity contribution >= 4 is 0 Å². The zero-order chi connectivity index (χ0) is 18.3. The van der Waals surface area contributed by atoms with Crippen LogP contribution in [0.4, 0.5) is 0 Å².